The molecule has 0 radical (unpaired) electrons. The van der Waals surface area contributed by atoms with Gasteiger partial charge in [-0.25, -0.2) is 9.59 Å². The molecule has 0 unspecified atom stereocenters. The van der Waals surface area contributed by atoms with E-state index in [9.17, 15) is 24.0 Å². The summed E-state index contributed by atoms with van der Waals surface area (Å²) in [6.45, 7) is 3.64. The molecule has 1 rings (SSSR count). The molecule has 1 saturated heterocycles. The number of hydrogen-bond acceptors (Lipinski definition) is 6. The van der Waals surface area contributed by atoms with E-state index in [1.54, 1.807) is 0 Å². The molecule has 1 fully saturated rings. The highest BCUT2D eigenvalue weighted by molar-refractivity contribution is 6.01. The molecule has 0 aromatic heterocycles. The Morgan fingerprint density at radius 3 is 2.30 bits per heavy atom. The van der Waals surface area contributed by atoms with Gasteiger partial charge in [-0.3, -0.25) is 14.4 Å². The van der Waals surface area contributed by atoms with Gasteiger partial charge in [0.25, 0.3) is 11.8 Å². The Kier molecular flexibility index (Phi) is 7.44. The molecule has 23 heavy (non-hydrogen) atoms. The molecule has 1 aliphatic heterocycles. The molecular formula is C14H19N3O6. The third-order valence-electron chi connectivity index (χ3n) is 2.93. The maximum atomic E-state index is 11.5. The van der Waals surface area contributed by atoms with Gasteiger partial charge in [-0.1, -0.05) is 6.58 Å². The minimum absolute atomic E-state index is 0.00746. The summed E-state index contributed by atoms with van der Waals surface area (Å²) in [7, 11) is 0. The van der Waals surface area contributed by atoms with E-state index < -0.39 is 23.8 Å². The van der Waals surface area contributed by atoms with Crippen LogP contribution in [-0.4, -0.2) is 47.8 Å². The van der Waals surface area contributed by atoms with Crippen LogP contribution in [0, 0.1) is 0 Å². The Balaban J connectivity index is 2.11. The van der Waals surface area contributed by atoms with Crippen LogP contribution in [0.25, 0.3) is 0 Å². The quantitative estimate of drug-likeness (QED) is 0.344. The molecule has 1 heterocycles. The number of rotatable bonds is 9. The van der Waals surface area contributed by atoms with Gasteiger partial charge >= 0.3 is 12.0 Å². The molecule has 1 aliphatic rings. The predicted molar refractivity (Wildman–Crippen MR) is 77.6 cm³/mol. The summed E-state index contributed by atoms with van der Waals surface area (Å²) in [5.74, 6) is -1.99. The summed E-state index contributed by atoms with van der Waals surface area (Å²) in [6.07, 6.45) is 1.89. The molecule has 0 aromatic carbocycles. The molecule has 0 atom stereocenters. The second-order valence-electron chi connectivity index (χ2n) is 4.75. The summed E-state index contributed by atoms with van der Waals surface area (Å²) in [5, 5.41) is 5.39. The first kappa shape index (κ1) is 18.3. The number of carbonyl (C=O) groups is 5. The molecule has 0 spiro atoms. The van der Waals surface area contributed by atoms with E-state index in [-0.39, 0.29) is 31.6 Å². The normalized spacial score (nSPS) is 13.7. The fraction of sp³-hybridized carbons (Fsp3) is 0.500. The van der Waals surface area contributed by atoms with Crippen LogP contribution >= 0.6 is 0 Å². The maximum Gasteiger partial charge on any atom is 0.334 e. The minimum atomic E-state index is -0.787. The summed E-state index contributed by atoms with van der Waals surface area (Å²) in [5.41, 5.74) is 0. The summed E-state index contributed by atoms with van der Waals surface area (Å²) in [4.78, 5) is 60.9. The number of nitrogens with one attached hydrogen (secondary N) is 2. The number of amides is 4. The zero-order valence-electron chi connectivity index (χ0n) is 12.6. The van der Waals surface area contributed by atoms with Crippen molar-refractivity contribution in [3.05, 3.63) is 12.7 Å². The second kappa shape index (κ2) is 9.34. The van der Waals surface area contributed by atoms with E-state index >= 15 is 0 Å². The van der Waals surface area contributed by atoms with Gasteiger partial charge in [0.2, 0.25) is 0 Å². The van der Waals surface area contributed by atoms with Gasteiger partial charge in [0.15, 0.2) is 5.78 Å². The van der Waals surface area contributed by atoms with E-state index in [1.165, 1.54) is 6.08 Å². The van der Waals surface area contributed by atoms with E-state index in [0.29, 0.717) is 24.4 Å². The average molecular weight is 325 g/mol. The van der Waals surface area contributed by atoms with Crippen LogP contribution in [0.2, 0.25) is 0 Å². The number of allylic oxidation sites excluding steroid dienone is 1. The monoisotopic (exact) mass is 325 g/mol. The highest BCUT2D eigenvalue weighted by Gasteiger charge is 2.32. The van der Waals surface area contributed by atoms with Crippen molar-refractivity contribution >= 4 is 29.6 Å². The fourth-order valence-corrected chi connectivity index (χ4v) is 1.71. The van der Waals surface area contributed by atoms with Gasteiger partial charge in [0.1, 0.15) is 0 Å². The third kappa shape index (κ3) is 6.72. The van der Waals surface area contributed by atoms with Crippen molar-refractivity contribution in [1.29, 1.82) is 0 Å². The topological polar surface area (TPSA) is 122 Å². The third-order valence-corrected chi connectivity index (χ3v) is 2.93. The SMILES string of the molecule is C=CC(=O)CCCNC(=O)NCCC(=O)ON1C(=O)CCC1=O. The van der Waals surface area contributed by atoms with E-state index in [4.69, 9.17) is 0 Å². The van der Waals surface area contributed by atoms with Crippen LogP contribution in [0.1, 0.15) is 32.1 Å². The van der Waals surface area contributed by atoms with Crippen molar-refractivity contribution in [2.24, 2.45) is 0 Å². The first-order chi connectivity index (χ1) is 10.9. The van der Waals surface area contributed by atoms with Crippen LogP contribution in [-0.2, 0) is 24.0 Å². The first-order valence-electron chi connectivity index (χ1n) is 7.17. The maximum absolute atomic E-state index is 11.5. The summed E-state index contributed by atoms with van der Waals surface area (Å²) < 4.78 is 0. The molecule has 0 aliphatic carbocycles. The molecule has 9 heteroatoms. The van der Waals surface area contributed by atoms with Crippen molar-refractivity contribution in [2.45, 2.75) is 32.1 Å². The van der Waals surface area contributed by atoms with Crippen LogP contribution < -0.4 is 10.6 Å². The number of urea groups is 1. The molecule has 4 amide bonds. The minimum Gasteiger partial charge on any atom is -0.338 e. The van der Waals surface area contributed by atoms with Gasteiger partial charge in [-0.05, 0) is 12.5 Å². The smallest absolute Gasteiger partial charge is 0.334 e. The number of hydroxylamine groups is 2. The lowest BCUT2D eigenvalue weighted by Gasteiger charge is -2.12. The number of imide groups is 1. The Hall–Kier alpha value is -2.71. The van der Waals surface area contributed by atoms with Crippen LogP contribution in [0.4, 0.5) is 4.79 Å². The highest BCUT2D eigenvalue weighted by atomic mass is 16.7. The van der Waals surface area contributed by atoms with Crippen molar-refractivity contribution < 1.29 is 28.8 Å². The molecule has 126 valence electrons. The largest absolute Gasteiger partial charge is 0.338 e. The van der Waals surface area contributed by atoms with Crippen molar-refractivity contribution in [3.8, 4) is 0 Å². The molecular weight excluding hydrogens is 306 g/mol. The number of carbonyl (C=O) groups excluding carboxylic acids is 5. The fourth-order valence-electron chi connectivity index (χ4n) is 1.71. The van der Waals surface area contributed by atoms with Gasteiger partial charge < -0.3 is 15.5 Å². The van der Waals surface area contributed by atoms with Crippen LogP contribution in [0.15, 0.2) is 12.7 Å². The van der Waals surface area contributed by atoms with Gasteiger partial charge in [-0.15, -0.1) is 5.06 Å². The van der Waals surface area contributed by atoms with Crippen molar-refractivity contribution in [1.82, 2.24) is 15.7 Å². The predicted octanol–water partition coefficient (Wildman–Crippen LogP) is -0.182. The highest BCUT2D eigenvalue weighted by Crippen LogP contribution is 2.12. The van der Waals surface area contributed by atoms with Crippen molar-refractivity contribution in [2.75, 3.05) is 13.1 Å². The lowest BCUT2D eigenvalue weighted by molar-refractivity contribution is -0.197. The summed E-state index contributed by atoms with van der Waals surface area (Å²) in [6, 6.07) is -0.489. The zero-order chi connectivity index (χ0) is 17.2. The molecule has 0 aromatic rings. The van der Waals surface area contributed by atoms with Crippen LogP contribution in [0.5, 0.6) is 0 Å². The van der Waals surface area contributed by atoms with E-state index in [0.717, 1.165) is 0 Å². The lowest BCUT2D eigenvalue weighted by atomic mass is 10.2. The Morgan fingerprint density at radius 1 is 1.09 bits per heavy atom. The van der Waals surface area contributed by atoms with E-state index in [1.807, 2.05) is 0 Å². The van der Waals surface area contributed by atoms with Gasteiger partial charge in [-0.2, -0.15) is 0 Å². The Bertz CT molecular complexity index is 501. The number of nitrogens with zero attached hydrogens (tertiary/aromatic N) is 1. The second-order valence-corrected chi connectivity index (χ2v) is 4.75. The van der Waals surface area contributed by atoms with Crippen LogP contribution in [0.3, 0.4) is 0 Å². The standard InChI is InChI=1S/C14H19N3O6/c1-2-10(18)4-3-8-15-14(22)16-9-7-13(21)23-17-11(19)5-6-12(17)20/h2H,1,3-9H2,(H2,15,16,22). The number of hydrogen-bond donors (Lipinski definition) is 2. The molecule has 2 N–H and O–H groups in total. The van der Waals surface area contributed by atoms with Crippen molar-refractivity contribution in [3.63, 3.8) is 0 Å². The first-order valence-corrected chi connectivity index (χ1v) is 7.17. The Labute approximate surface area is 133 Å². The molecule has 9 nitrogen and oxygen atoms in total. The molecule has 0 saturated carbocycles. The lowest BCUT2D eigenvalue weighted by Crippen LogP contribution is -2.38. The van der Waals surface area contributed by atoms with Gasteiger partial charge in [0, 0.05) is 32.4 Å². The average Bonchev–Trinajstić information content (AvgIpc) is 2.83. The molecule has 0 bridgehead atoms. The van der Waals surface area contributed by atoms with E-state index in [2.05, 4.69) is 22.1 Å². The summed E-state index contributed by atoms with van der Waals surface area (Å²) >= 11 is 0. The zero-order valence-corrected chi connectivity index (χ0v) is 12.6. The number of ketones is 1. The van der Waals surface area contributed by atoms with Gasteiger partial charge in [0.05, 0.1) is 6.42 Å². The Morgan fingerprint density at radius 2 is 1.70 bits per heavy atom.